The van der Waals surface area contributed by atoms with Crippen LogP contribution in [-0.4, -0.2) is 41.6 Å². The van der Waals surface area contributed by atoms with Gasteiger partial charge in [-0.15, -0.1) is 11.3 Å². The Morgan fingerprint density at radius 3 is 2.89 bits per heavy atom. The van der Waals surface area contributed by atoms with Crippen molar-refractivity contribution in [3.05, 3.63) is 15.8 Å². The average Bonchev–Trinajstić information content (AvgIpc) is 2.88. The Morgan fingerprint density at radius 1 is 1.67 bits per heavy atom. The highest BCUT2D eigenvalue weighted by Gasteiger charge is 2.32. The lowest BCUT2D eigenvalue weighted by Crippen LogP contribution is -2.29. The van der Waals surface area contributed by atoms with Crippen molar-refractivity contribution in [1.29, 1.82) is 0 Å². The third kappa shape index (κ3) is 2.33. The fourth-order valence-electron chi connectivity index (χ4n) is 1.89. The summed E-state index contributed by atoms with van der Waals surface area (Å²) >= 11 is 1.20. The van der Waals surface area contributed by atoms with Gasteiger partial charge >= 0.3 is 5.97 Å². The number of rotatable bonds is 4. The summed E-state index contributed by atoms with van der Waals surface area (Å²) in [6.07, 6.45) is 0.811. The highest BCUT2D eigenvalue weighted by molar-refractivity contribution is 7.14. The molecule has 6 heteroatoms. The molecule has 1 aliphatic heterocycles. The number of hydrogen-bond donors (Lipinski definition) is 1. The zero-order valence-corrected chi connectivity index (χ0v) is 11.1. The van der Waals surface area contributed by atoms with Gasteiger partial charge in [-0.2, -0.15) is 0 Å². The number of carbonyl (C=O) groups is 2. The van der Waals surface area contributed by atoms with Gasteiger partial charge in [-0.3, -0.25) is 4.79 Å². The molecule has 1 aromatic heterocycles. The quantitative estimate of drug-likeness (QED) is 0.902. The fraction of sp³-hybridized carbons (Fsp3) is 0.500. The summed E-state index contributed by atoms with van der Waals surface area (Å²) in [6.45, 7) is 2.60. The van der Waals surface area contributed by atoms with Crippen LogP contribution in [0.15, 0.2) is 6.07 Å². The molecular formula is C12H15NO4S. The number of thiophene rings is 1. The number of aromatic carboxylic acids is 1. The molecule has 0 bridgehead atoms. The van der Waals surface area contributed by atoms with Crippen LogP contribution in [0, 0.1) is 0 Å². The van der Waals surface area contributed by atoms with Crippen LogP contribution in [0.25, 0.3) is 0 Å². The number of amides is 1. The van der Waals surface area contributed by atoms with E-state index in [1.807, 2.05) is 6.92 Å². The summed E-state index contributed by atoms with van der Waals surface area (Å²) in [5.41, 5.74) is 0. The van der Waals surface area contributed by atoms with Gasteiger partial charge in [-0.1, -0.05) is 6.92 Å². The van der Waals surface area contributed by atoms with Gasteiger partial charge in [0.25, 0.3) is 5.91 Å². The van der Waals surface area contributed by atoms with Gasteiger partial charge in [0.05, 0.1) is 0 Å². The van der Waals surface area contributed by atoms with Crippen molar-refractivity contribution in [1.82, 2.24) is 4.90 Å². The van der Waals surface area contributed by atoms with Gasteiger partial charge in [0, 0.05) is 24.9 Å². The van der Waals surface area contributed by atoms with Crippen LogP contribution < -0.4 is 4.74 Å². The second-order valence-corrected chi connectivity index (χ2v) is 5.36. The van der Waals surface area contributed by atoms with Crippen molar-refractivity contribution in [3.8, 4) is 5.75 Å². The first-order valence-electron chi connectivity index (χ1n) is 5.80. The van der Waals surface area contributed by atoms with Crippen LogP contribution in [0.3, 0.4) is 0 Å². The first-order valence-corrected chi connectivity index (χ1v) is 6.62. The van der Waals surface area contributed by atoms with Crippen LogP contribution >= 0.6 is 11.3 Å². The summed E-state index contributed by atoms with van der Waals surface area (Å²) in [5, 5.41) is 9.10. The number of carboxylic acid groups (broad SMARTS) is 1. The van der Waals surface area contributed by atoms with Crippen molar-refractivity contribution >= 4 is 23.2 Å². The molecule has 1 aliphatic rings. The maximum Gasteiger partial charge on any atom is 0.349 e. The lowest BCUT2D eigenvalue weighted by molar-refractivity contribution is -0.132. The Bertz CT molecular complexity index is 482. The molecule has 1 N–H and O–H groups in total. The molecule has 5 nitrogen and oxygen atoms in total. The monoisotopic (exact) mass is 269 g/mol. The van der Waals surface area contributed by atoms with Crippen molar-refractivity contribution in [2.45, 2.75) is 25.9 Å². The van der Waals surface area contributed by atoms with E-state index in [2.05, 4.69) is 0 Å². The van der Waals surface area contributed by atoms with Gasteiger partial charge in [-0.25, -0.2) is 4.79 Å². The Balaban J connectivity index is 2.20. The van der Waals surface area contributed by atoms with E-state index in [4.69, 9.17) is 9.84 Å². The maximum atomic E-state index is 11.7. The third-order valence-electron chi connectivity index (χ3n) is 2.94. The van der Waals surface area contributed by atoms with E-state index < -0.39 is 12.1 Å². The van der Waals surface area contributed by atoms with Crippen LogP contribution in [0.4, 0.5) is 0 Å². The summed E-state index contributed by atoms with van der Waals surface area (Å²) in [6, 6.07) is 1.72. The number of likely N-dealkylation sites (N-methyl/N-ethyl adjacent to an activating group) is 1. The predicted octanol–water partition coefficient (Wildman–Crippen LogP) is 1.62. The van der Waals surface area contributed by atoms with Crippen molar-refractivity contribution in [2.24, 2.45) is 0 Å². The van der Waals surface area contributed by atoms with Crippen LogP contribution in [-0.2, 0) is 11.2 Å². The molecule has 1 amide bonds. The van der Waals surface area contributed by atoms with E-state index in [1.165, 1.54) is 11.3 Å². The Morgan fingerprint density at radius 2 is 2.39 bits per heavy atom. The number of carbonyl (C=O) groups excluding carboxylic acids is 1. The lowest BCUT2D eigenvalue weighted by Gasteiger charge is -2.12. The summed E-state index contributed by atoms with van der Waals surface area (Å²) < 4.78 is 5.57. The molecule has 2 rings (SSSR count). The van der Waals surface area contributed by atoms with E-state index in [9.17, 15) is 9.59 Å². The predicted molar refractivity (Wildman–Crippen MR) is 67.3 cm³/mol. The van der Waals surface area contributed by atoms with E-state index in [0.29, 0.717) is 18.7 Å². The van der Waals surface area contributed by atoms with Crippen LogP contribution in [0.2, 0.25) is 0 Å². The molecule has 98 valence electrons. The number of ether oxygens (including phenoxy) is 1. The zero-order valence-electron chi connectivity index (χ0n) is 10.3. The number of aryl methyl sites for hydroxylation is 1. The number of carboxylic acids is 1. The molecule has 1 saturated heterocycles. The second-order valence-electron chi connectivity index (χ2n) is 4.22. The molecule has 0 saturated carbocycles. The zero-order chi connectivity index (χ0) is 13.3. The van der Waals surface area contributed by atoms with Gasteiger partial charge in [0.2, 0.25) is 0 Å². The summed E-state index contributed by atoms with van der Waals surface area (Å²) in [4.78, 5) is 25.5. The lowest BCUT2D eigenvalue weighted by atomic mass is 10.3. The van der Waals surface area contributed by atoms with Crippen molar-refractivity contribution < 1.29 is 19.4 Å². The topological polar surface area (TPSA) is 66.8 Å². The maximum absolute atomic E-state index is 11.7. The van der Waals surface area contributed by atoms with Gasteiger partial charge < -0.3 is 14.7 Å². The Hall–Kier alpha value is -1.56. The van der Waals surface area contributed by atoms with E-state index in [1.54, 1.807) is 18.0 Å². The van der Waals surface area contributed by atoms with Gasteiger partial charge in [0.15, 0.2) is 11.0 Å². The van der Waals surface area contributed by atoms with Gasteiger partial charge in [-0.05, 0) is 12.5 Å². The smallest absolute Gasteiger partial charge is 0.349 e. The molecule has 2 heterocycles. The minimum Gasteiger partial charge on any atom is -0.479 e. The Kier molecular flexibility index (Phi) is 3.56. The molecule has 1 atom stereocenters. The molecule has 0 aromatic carbocycles. The number of nitrogens with zero attached hydrogens (tertiary/aromatic N) is 1. The standard InChI is InChI=1S/C12H15NO4S/c1-3-7-6-9(10(18-7)12(15)16)17-8-4-5-13(2)11(8)14/h6,8H,3-5H2,1-2H3,(H,15,16). The van der Waals surface area contributed by atoms with Crippen molar-refractivity contribution in [2.75, 3.05) is 13.6 Å². The van der Waals surface area contributed by atoms with Crippen LogP contribution in [0.1, 0.15) is 27.9 Å². The highest BCUT2D eigenvalue weighted by Crippen LogP contribution is 2.31. The fourth-order valence-corrected chi connectivity index (χ4v) is 2.75. The van der Waals surface area contributed by atoms with E-state index in [-0.39, 0.29) is 10.8 Å². The summed E-state index contributed by atoms with van der Waals surface area (Å²) in [7, 11) is 1.72. The largest absolute Gasteiger partial charge is 0.479 e. The molecule has 1 fully saturated rings. The minimum absolute atomic E-state index is 0.0874. The molecule has 1 unspecified atom stereocenters. The molecule has 18 heavy (non-hydrogen) atoms. The second kappa shape index (κ2) is 4.97. The van der Waals surface area contributed by atoms with Crippen molar-refractivity contribution in [3.63, 3.8) is 0 Å². The normalized spacial score (nSPS) is 19.3. The Labute approximate surface area is 109 Å². The highest BCUT2D eigenvalue weighted by atomic mass is 32.1. The molecule has 0 spiro atoms. The third-order valence-corrected chi connectivity index (χ3v) is 4.19. The molecule has 1 aromatic rings. The first kappa shape index (κ1) is 12.9. The average molecular weight is 269 g/mol. The first-order chi connectivity index (χ1) is 8.52. The van der Waals surface area contributed by atoms with E-state index >= 15 is 0 Å². The summed E-state index contributed by atoms with van der Waals surface area (Å²) in [5.74, 6) is -0.776. The van der Waals surface area contributed by atoms with Crippen LogP contribution in [0.5, 0.6) is 5.75 Å². The minimum atomic E-state index is -1.01. The SMILES string of the molecule is CCc1cc(OC2CCN(C)C2=O)c(C(=O)O)s1. The molecule has 0 radical (unpaired) electrons. The molecule has 0 aliphatic carbocycles. The number of likely N-dealkylation sites (tertiary alicyclic amines) is 1. The molecular weight excluding hydrogens is 254 g/mol. The van der Waals surface area contributed by atoms with Gasteiger partial charge in [0.1, 0.15) is 5.75 Å². The van der Waals surface area contributed by atoms with E-state index in [0.717, 1.165) is 11.3 Å². The number of hydrogen-bond acceptors (Lipinski definition) is 4.